The fourth-order valence-corrected chi connectivity index (χ4v) is 2.50. The molecule has 2 heterocycles. The third-order valence-corrected chi connectivity index (χ3v) is 3.75. The molecule has 0 aliphatic carbocycles. The van der Waals surface area contributed by atoms with Gasteiger partial charge in [0.05, 0.1) is 0 Å². The second-order valence-corrected chi connectivity index (χ2v) is 5.26. The molecule has 1 saturated heterocycles. The molecule has 4 nitrogen and oxygen atoms in total. The lowest BCUT2D eigenvalue weighted by Crippen LogP contribution is -2.36. The maximum absolute atomic E-state index is 4.58. The maximum atomic E-state index is 4.58. The van der Waals surface area contributed by atoms with Gasteiger partial charge in [0.25, 0.3) is 0 Å². The summed E-state index contributed by atoms with van der Waals surface area (Å²) in [5.74, 6) is 2.79. The Labute approximate surface area is 110 Å². The van der Waals surface area contributed by atoms with Gasteiger partial charge < -0.3 is 15.1 Å². The van der Waals surface area contributed by atoms with Gasteiger partial charge in [-0.15, -0.1) is 0 Å². The monoisotopic (exact) mass is 248 g/mol. The molecule has 1 aromatic heterocycles. The molecule has 4 heteroatoms. The van der Waals surface area contributed by atoms with Crippen LogP contribution in [-0.4, -0.2) is 50.7 Å². The van der Waals surface area contributed by atoms with Crippen LogP contribution in [0.5, 0.6) is 0 Å². The number of piperidine rings is 1. The van der Waals surface area contributed by atoms with Crippen molar-refractivity contribution in [2.24, 2.45) is 5.92 Å². The highest BCUT2D eigenvalue weighted by Crippen LogP contribution is 2.20. The molecule has 0 amide bonds. The van der Waals surface area contributed by atoms with Crippen molar-refractivity contribution in [3.8, 4) is 0 Å². The lowest BCUT2D eigenvalue weighted by Gasteiger charge is -2.32. The Hall–Kier alpha value is -1.29. The molecule has 0 radical (unpaired) electrons. The molecule has 0 atom stereocenters. The Bertz CT molecular complexity index is 372. The highest BCUT2D eigenvalue weighted by molar-refractivity contribution is 5.46. The molecule has 100 valence electrons. The summed E-state index contributed by atoms with van der Waals surface area (Å²) in [7, 11) is 6.25. The average Bonchev–Trinajstić information content (AvgIpc) is 2.41. The van der Waals surface area contributed by atoms with E-state index in [0.29, 0.717) is 0 Å². The lowest BCUT2D eigenvalue weighted by molar-refractivity contribution is 0.222. The van der Waals surface area contributed by atoms with Gasteiger partial charge in [-0.3, -0.25) is 0 Å². The first kappa shape index (κ1) is 13.1. The van der Waals surface area contributed by atoms with Crippen molar-refractivity contribution in [2.75, 3.05) is 51.0 Å². The predicted octanol–water partition coefficient (Wildman–Crippen LogP) is 1.90. The van der Waals surface area contributed by atoms with Crippen LogP contribution in [-0.2, 0) is 0 Å². The Morgan fingerprint density at radius 1 is 1.39 bits per heavy atom. The molecule has 1 N–H and O–H groups in total. The summed E-state index contributed by atoms with van der Waals surface area (Å²) in [6.45, 7) is 3.55. The van der Waals surface area contributed by atoms with Gasteiger partial charge in [-0.05, 0) is 51.0 Å². The standard InChI is InChI=1S/C14H24N4/c1-15-13-5-4-6-14(16-13)18(3)11-12-7-9-17(2)10-8-12/h4-6,12H,7-11H2,1-3H3,(H,15,16). The van der Waals surface area contributed by atoms with E-state index in [9.17, 15) is 0 Å². The Morgan fingerprint density at radius 3 is 2.78 bits per heavy atom. The van der Waals surface area contributed by atoms with E-state index in [-0.39, 0.29) is 0 Å². The summed E-state index contributed by atoms with van der Waals surface area (Å²) >= 11 is 0. The topological polar surface area (TPSA) is 31.4 Å². The molecule has 1 aromatic rings. The minimum Gasteiger partial charge on any atom is -0.373 e. The maximum Gasteiger partial charge on any atom is 0.130 e. The third kappa shape index (κ3) is 3.35. The van der Waals surface area contributed by atoms with Crippen molar-refractivity contribution in [2.45, 2.75) is 12.8 Å². The number of rotatable bonds is 4. The molecule has 0 spiro atoms. The van der Waals surface area contributed by atoms with Gasteiger partial charge in [-0.2, -0.15) is 0 Å². The first-order valence-corrected chi connectivity index (χ1v) is 6.73. The highest BCUT2D eigenvalue weighted by atomic mass is 15.2. The zero-order valence-corrected chi connectivity index (χ0v) is 11.7. The summed E-state index contributed by atoms with van der Waals surface area (Å²) in [4.78, 5) is 9.26. The first-order valence-electron chi connectivity index (χ1n) is 6.73. The lowest BCUT2D eigenvalue weighted by atomic mass is 9.97. The van der Waals surface area contributed by atoms with Crippen molar-refractivity contribution in [3.63, 3.8) is 0 Å². The van der Waals surface area contributed by atoms with Gasteiger partial charge in [-0.1, -0.05) is 6.07 Å². The SMILES string of the molecule is CNc1cccc(N(C)CC2CCN(C)CC2)n1. The van der Waals surface area contributed by atoms with Gasteiger partial charge >= 0.3 is 0 Å². The van der Waals surface area contributed by atoms with Crippen LogP contribution >= 0.6 is 0 Å². The van der Waals surface area contributed by atoms with Gasteiger partial charge in [0.15, 0.2) is 0 Å². The minimum atomic E-state index is 0.797. The van der Waals surface area contributed by atoms with Crippen molar-refractivity contribution in [1.29, 1.82) is 0 Å². The second kappa shape index (κ2) is 6.05. The predicted molar refractivity (Wildman–Crippen MR) is 77.3 cm³/mol. The Morgan fingerprint density at radius 2 is 2.11 bits per heavy atom. The van der Waals surface area contributed by atoms with Crippen LogP contribution in [0, 0.1) is 5.92 Å². The zero-order chi connectivity index (χ0) is 13.0. The quantitative estimate of drug-likeness (QED) is 0.882. The minimum absolute atomic E-state index is 0.797. The van der Waals surface area contributed by atoms with Crippen molar-refractivity contribution < 1.29 is 0 Å². The number of nitrogens with zero attached hydrogens (tertiary/aromatic N) is 3. The normalized spacial score (nSPS) is 17.7. The molecule has 0 unspecified atom stereocenters. The molecule has 18 heavy (non-hydrogen) atoms. The van der Waals surface area contributed by atoms with E-state index in [0.717, 1.165) is 24.1 Å². The van der Waals surface area contributed by atoms with Gasteiger partial charge in [0, 0.05) is 20.6 Å². The van der Waals surface area contributed by atoms with Crippen LogP contribution in [0.25, 0.3) is 0 Å². The molecule has 1 aliphatic heterocycles. The largest absolute Gasteiger partial charge is 0.373 e. The van der Waals surface area contributed by atoms with Crippen LogP contribution in [0.3, 0.4) is 0 Å². The molecule has 0 aromatic carbocycles. The van der Waals surface area contributed by atoms with E-state index in [1.165, 1.54) is 25.9 Å². The molecule has 1 aliphatic rings. The second-order valence-electron chi connectivity index (χ2n) is 5.26. The van der Waals surface area contributed by atoms with Gasteiger partial charge in [0.2, 0.25) is 0 Å². The number of anilines is 2. The molecular weight excluding hydrogens is 224 g/mol. The number of hydrogen-bond donors (Lipinski definition) is 1. The van der Waals surface area contributed by atoms with Gasteiger partial charge in [0.1, 0.15) is 11.6 Å². The van der Waals surface area contributed by atoms with E-state index in [1.54, 1.807) is 0 Å². The highest BCUT2D eigenvalue weighted by Gasteiger charge is 2.18. The zero-order valence-electron chi connectivity index (χ0n) is 11.7. The molecule has 2 rings (SSSR count). The summed E-state index contributed by atoms with van der Waals surface area (Å²) in [5, 5.41) is 3.09. The van der Waals surface area contributed by atoms with E-state index in [1.807, 2.05) is 13.1 Å². The molecule has 0 saturated carbocycles. The van der Waals surface area contributed by atoms with E-state index in [4.69, 9.17) is 0 Å². The Kier molecular flexibility index (Phi) is 4.42. The number of nitrogens with one attached hydrogen (secondary N) is 1. The molecule has 0 bridgehead atoms. The van der Waals surface area contributed by atoms with Crippen LogP contribution in [0.2, 0.25) is 0 Å². The Balaban J connectivity index is 1.92. The van der Waals surface area contributed by atoms with Crippen molar-refractivity contribution >= 4 is 11.6 Å². The molecule has 1 fully saturated rings. The summed E-state index contributed by atoms with van der Waals surface area (Å²) in [5.41, 5.74) is 0. The fourth-order valence-electron chi connectivity index (χ4n) is 2.50. The number of likely N-dealkylation sites (tertiary alicyclic amines) is 1. The summed E-state index contributed by atoms with van der Waals surface area (Å²) in [6.07, 6.45) is 2.60. The number of aromatic nitrogens is 1. The van der Waals surface area contributed by atoms with Crippen LogP contribution in [0.4, 0.5) is 11.6 Å². The van der Waals surface area contributed by atoms with Crippen LogP contribution < -0.4 is 10.2 Å². The third-order valence-electron chi connectivity index (χ3n) is 3.75. The van der Waals surface area contributed by atoms with Crippen LogP contribution in [0.1, 0.15) is 12.8 Å². The summed E-state index contributed by atoms with van der Waals surface area (Å²) in [6, 6.07) is 6.13. The van der Waals surface area contributed by atoms with Crippen LogP contribution in [0.15, 0.2) is 18.2 Å². The van der Waals surface area contributed by atoms with Crippen molar-refractivity contribution in [1.82, 2.24) is 9.88 Å². The van der Waals surface area contributed by atoms with E-state index >= 15 is 0 Å². The number of pyridine rings is 1. The first-order chi connectivity index (χ1) is 8.69. The van der Waals surface area contributed by atoms with E-state index in [2.05, 4.69) is 46.3 Å². The summed E-state index contributed by atoms with van der Waals surface area (Å²) < 4.78 is 0. The smallest absolute Gasteiger partial charge is 0.130 e. The van der Waals surface area contributed by atoms with Gasteiger partial charge in [-0.25, -0.2) is 4.98 Å². The number of hydrogen-bond acceptors (Lipinski definition) is 4. The fraction of sp³-hybridized carbons (Fsp3) is 0.643. The average molecular weight is 248 g/mol. The van der Waals surface area contributed by atoms with E-state index < -0.39 is 0 Å². The molecular formula is C14H24N4. The van der Waals surface area contributed by atoms with Crippen molar-refractivity contribution in [3.05, 3.63) is 18.2 Å².